The maximum atomic E-state index is 14.4. The Morgan fingerprint density at radius 1 is 1.28 bits per heavy atom. The molecule has 1 aliphatic rings. The fraction of sp³-hybridized carbons (Fsp3) is 0.316. The fourth-order valence-electron chi connectivity index (χ4n) is 2.88. The Balaban J connectivity index is 2.29. The largest absolute Gasteiger partial charge is 0.491 e. The van der Waals surface area contributed by atoms with Crippen molar-refractivity contribution in [3.05, 3.63) is 52.0 Å². The van der Waals surface area contributed by atoms with Gasteiger partial charge in [0.05, 0.1) is 18.7 Å². The first-order valence-corrected chi connectivity index (χ1v) is 8.38. The SMILES string of the molecule is CCOc1c(C(=O)OC)cc(C2CC2)c(-c2ccc(F)cc2F)c1Cl. The van der Waals surface area contributed by atoms with Crippen LogP contribution >= 0.6 is 11.6 Å². The molecular weight excluding hydrogens is 350 g/mol. The Morgan fingerprint density at radius 3 is 2.56 bits per heavy atom. The molecule has 2 aromatic rings. The van der Waals surface area contributed by atoms with Crippen molar-refractivity contribution >= 4 is 17.6 Å². The summed E-state index contributed by atoms with van der Waals surface area (Å²) in [6.45, 7) is 2.03. The second kappa shape index (κ2) is 7.00. The van der Waals surface area contributed by atoms with Crippen LogP contribution in [-0.2, 0) is 4.74 Å². The van der Waals surface area contributed by atoms with E-state index in [0.29, 0.717) is 5.56 Å². The highest BCUT2D eigenvalue weighted by molar-refractivity contribution is 6.35. The lowest BCUT2D eigenvalue weighted by atomic mass is 9.93. The lowest BCUT2D eigenvalue weighted by molar-refractivity contribution is 0.0596. The van der Waals surface area contributed by atoms with Crippen molar-refractivity contribution < 1.29 is 23.0 Å². The fourth-order valence-corrected chi connectivity index (χ4v) is 3.25. The van der Waals surface area contributed by atoms with Crippen molar-refractivity contribution in [2.45, 2.75) is 25.7 Å². The van der Waals surface area contributed by atoms with Crippen molar-refractivity contribution in [3.63, 3.8) is 0 Å². The summed E-state index contributed by atoms with van der Waals surface area (Å²) in [4.78, 5) is 12.1. The summed E-state index contributed by atoms with van der Waals surface area (Å²) >= 11 is 6.52. The van der Waals surface area contributed by atoms with E-state index in [1.165, 1.54) is 19.2 Å². The number of rotatable bonds is 5. The molecule has 1 aliphatic carbocycles. The second-order valence-electron chi connectivity index (χ2n) is 5.85. The lowest BCUT2D eigenvalue weighted by Gasteiger charge is -2.19. The molecule has 0 amide bonds. The van der Waals surface area contributed by atoms with Gasteiger partial charge in [0.15, 0.2) is 5.75 Å². The van der Waals surface area contributed by atoms with E-state index in [2.05, 4.69) is 0 Å². The number of carbonyl (C=O) groups is 1. The third-order valence-electron chi connectivity index (χ3n) is 4.16. The molecule has 0 spiro atoms. The number of carbonyl (C=O) groups excluding carboxylic acids is 1. The minimum absolute atomic E-state index is 0.136. The highest BCUT2D eigenvalue weighted by atomic mass is 35.5. The van der Waals surface area contributed by atoms with E-state index in [9.17, 15) is 13.6 Å². The van der Waals surface area contributed by atoms with Gasteiger partial charge in [0.2, 0.25) is 0 Å². The summed E-state index contributed by atoms with van der Waals surface area (Å²) in [5, 5.41) is 0.136. The van der Waals surface area contributed by atoms with Gasteiger partial charge in [-0.05, 0) is 49.4 Å². The normalized spacial score (nSPS) is 13.6. The average molecular weight is 367 g/mol. The first-order chi connectivity index (χ1) is 12.0. The molecule has 2 aromatic carbocycles. The Hall–Kier alpha value is -2.14. The van der Waals surface area contributed by atoms with Gasteiger partial charge in [0.25, 0.3) is 0 Å². The molecule has 3 rings (SSSR count). The predicted molar refractivity (Wildman–Crippen MR) is 91.3 cm³/mol. The van der Waals surface area contributed by atoms with Crippen molar-refractivity contribution in [2.24, 2.45) is 0 Å². The van der Waals surface area contributed by atoms with Crippen molar-refractivity contribution in [2.75, 3.05) is 13.7 Å². The van der Waals surface area contributed by atoms with E-state index in [-0.39, 0.29) is 34.4 Å². The number of hydrogen-bond donors (Lipinski definition) is 0. The minimum Gasteiger partial charge on any atom is -0.491 e. The van der Waals surface area contributed by atoms with Gasteiger partial charge < -0.3 is 9.47 Å². The Morgan fingerprint density at radius 2 is 2.00 bits per heavy atom. The molecule has 0 aliphatic heterocycles. The van der Waals surface area contributed by atoms with Gasteiger partial charge in [0, 0.05) is 17.2 Å². The third-order valence-corrected chi connectivity index (χ3v) is 4.52. The van der Waals surface area contributed by atoms with Crippen molar-refractivity contribution in [1.29, 1.82) is 0 Å². The van der Waals surface area contributed by atoms with Crippen LogP contribution in [0.25, 0.3) is 11.1 Å². The highest BCUT2D eigenvalue weighted by Gasteiger charge is 2.32. The highest BCUT2D eigenvalue weighted by Crippen LogP contribution is 2.50. The molecular formula is C19H17ClF2O3. The molecule has 25 heavy (non-hydrogen) atoms. The summed E-state index contributed by atoms with van der Waals surface area (Å²) in [6, 6.07) is 5.00. The van der Waals surface area contributed by atoms with Gasteiger partial charge in [-0.1, -0.05) is 11.6 Å². The van der Waals surface area contributed by atoms with Gasteiger partial charge in [-0.25, -0.2) is 13.6 Å². The topological polar surface area (TPSA) is 35.5 Å². The predicted octanol–water partition coefficient (Wildman–Crippen LogP) is 5.35. The Labute approximate surface area is 149 Å². The van der Waals surface area contributed by atoms with E-state index in [1.54, 1.807) is 13.0 Å². The number of esters is 1. The standard InChI is InChI=1S/C19H17ClF2O3/c1-3-25-18-14(19(23)24-2)9-13(10-4-5-10)16(17(18)20)12-7-6-11(21)8-15(12)22/h6-10H,3-5H2,1-2H3. The first-order valence-electron chi connectivity index (χ1n) is 8.00. The summed E-state index contributed by atoms with van der Waals surface area (Å²) in [5.74, 6) is -1.62. The molecule has 6 heteroatoms. The van der Waals surface area contributed by atoms with Crippen molar-refractivity contribution in [1.82, 2.24) is 0 Å². The molecule has 0 bridgehead atoms. The van der Waals surface area contributed by atoms with E-state index >= 15 is 0 Å². The number of benzene rings is 2. The summed E-state index contributed by atoms with van der Waals surface area (Å²) in [6.07, 6.45) is 1.83. The third kappa shape index (κ3) is 3.33. The quantitative estimate of drug-likeness (QED) is 0.669. The number of halogens is 3. The van der Waals surface area contributed by atoms with Gasteiger partial charge in [-0.15, -0.1) is 0 Å². The summed E-state index contributed by atoms with van der Waals surface area (Å²) < 4.78 is 38.0. The molecule has 0 N–H and O–H groups in total. The minimum atomic E-state index is -0.711. The van der Waals surface area contributed by atoms with Crippen LogP contribution in [0.4, 0.5) is 8.78 Å². The molecule has 1 saturated carbocycles. The number of hydrogen-bond acceptors (Lipinski definition) is 3. The zero-order chi connectivity index (χ0) is 18.1. The molecule has 0 radical (unpaired) electrons. The maximum absolute atomic E-state index is 14.4. The van der Waals surface area contributed by atoms with E-state index in [0.717, 1.165) is 24.5 Å². The van der Waals surface area contributed by atoms with Crippen LogP contribution in [0.2, 0.25) is 5.02 Å². The van der Waals surface area contributed by atoms with Crippen LogP contribution in [0, 0.1) is 11.6 Å². The molecule has 0 heterocycles. The molecule has 0 atom stereocenters. The van der Waals surface area contributed by atoms with Gasteiger partial charge in [-0.2, -0.15) is 0 Å². The van der Waals surface area contributed by atoms with Gasteiger partial charge >= 0.3 is 5.97 Å². The van der Waals surface area contributed by atoms with Gasteiger partial charge in [0.1, 0.15) is 17.2 Å². The number of ether oxygens (including phenoxy) is 2. The molecule has 0 unspecified atom stereocenters. The van der Waals surface area contributed by atoms with E-state index in [4.69, 9.17) is 21.1 Å². The molecule has 1 fully saturated rings. The van der Waals surface area contributed by atoms with Crippen molar-refractivity contribution in [3.8, 4) is 16.9 Å². The zero-order valence-corrected chi connectivity index (χ0v) is 14.6. The Bertz CT molecular complexity index is 832. The smallest absolute Gasteiger partial charge is 0.341 e. The summed E-state index contributed by atoms with van der Waals surface area (Å²) in [7, 11) is 1.27. The van der Waals surface area contributed by atoms with Crippen LogP contribution in [0.3, 0.4) is 0 Å². The van der Waals surface area contributed by atoms with Crippen LogP contribution in [0.5, 0.6) is 5.75 Å². The zero-order valence-electron chi connectivity index (χ0n) is 13.9. The van der Waals surface area contributed by atoms with E-state index in [1.807, 2.05) is 0 Å². The van der Waals surface area contributed by atoms with E-state index < -0.39 is 17.6 Å². The summed E-state index contributed by atoms with van der Waals surface area (Å²) in [5.41, 5.74) is 1.59. The second-order valence-corrected chi connectivity index (χ2v) is 6.23. The molecule has 0 aromatic heterocycles. The molecule has 0 saturated heterocycles. The maximum Gasteiger partial charge on any atom is 0.341 e. The molecule has 3 nitrogen and oxygen atoms in total. The van der Waals surface area contributed by atoms with Gasteiger partial charge in [-0.3, -0.25) is 0 Å². The van der Waals surface area contributed by atoms with Crippen LogP contribution in [0.1, 0.15) is 41.6 Å². The lowest BCUT2D eigenvalue weighted by Crippen LogP contribution is -2.09. The van der Waals surface area contributed by atoms with Crippen LogP contribution in [-0.4, -0.2) is 19.7 Å². The number of methoxy groups -OCH3 is 1. The monoisotopic (exact) mass is 366 g/mol. The first kappa shape index (κ1) is 17.7. The Kier molecular flexibility index (Phi) is 4.95. The average Bonchev–Trinajstić information content (AvgIpc) is 3.41. The van der Waals surface area contributed by atoms with Crippen LogP contribution in [0.15, 0.2) is 24.3 Å². The molecule has 132 valence electrons. The van der Waals surface area contributed by atoms with Crippen LogP contribution < -0.4 is 4.74 Å².